The van der Waals surface area contributed by atoms with E-state index in [4.69, 9.17) is 0 Å². The number of nitrogens with one attached hydrogen (secondary N) is 1. The minimum Gasteiger partial charge on any atom is -0.306 e. The zero-order chi connectivity index (χ0) is 15.4. The first-order valence-corrected chi connectivity index (χ1v) is 7.90. The first kappa shape index (κ1) is 15.8. The Balaban J connectivity index is 2.41. The predicted octanol–water partition coefficient (Wildman–Crippen LogP) is 5.01. The van der Waals surface area contributed by atoms with E-state index in [0.717, 1.165) is 13.0 Å². The molecule has 0 saturated carbocycles. The molecule has 0 saturated heterocycles. The Hall–Kier alpha value is -1.60. The summed E-state index contributed by atoms with van der Waals surface area (Å²) in [6, 6.07) is 13.9. The highest BCUT2D eigenvalue weighted by molar-refractivity contribution is 5.40. The van der Waals surface area contributed by atoms with Crippen molar-refractivity contribution in [1.29, 1.82) is 0 Å². The monoisotopic (exact) mass is 281 g/mol. The second-order valence-corrected chi connectivity index (χ2v) is 6.07. The first-order chi connectivity index (χ1) is 10.0. The number of aryl methyl sites for hydroxylation is 4. The van der Waals surface area contributed by atoms with Gasteiger partial charge in [-0.25, -0.2) is 0 Å². The lowest BCUT2D eigenvalue weighted by molar-refractivity contribution is 0.598. The molecule has 0 radical (unpaired) electrons. The Morgan fingerprint density at radius 3 is 1.62 bits per heavy atom. The molecule has 0 aliphatic heterocycles. The third-order valence-corrected chi connectivity index (χ3v) is 4.33. The highest BCUT2D eigenvalue weighted by atomic mass is 14.9. The summed E-state index contributed by atoms with van der Waals surface area (Å²) in [6.07, 6.45) is 1.15. The van der Waals surface area contributed by atoms with Crippen molar-refractivity contribution in [3.63, 3.8) is 0 Å². The lowest BCUT2D eigenvalue weighted by Crippen LogP contribution is -2.23. The van der Waals surface area contributed by atoms with Gasteiger partial charge in [-0.1, -0.05) is 43.3 Å². The molecule has 1 N–H and O–H groups in total. The Bertz CT molecular complexity index is 562. The minimum absolute atomic E-state index is 0.281. The van der Waals surface area contributed by atoms with Crippen molar-refractivity contribution in [2.75, 3.05) is 6.54 Å². The molecule has 21 heavy (non-hydrogen) atoms. The van der Waals surface area contributed by atoms with E-state index in [9.17, 15) is 0 Å². The Morgan fingerprint density at radius 1 is 0.762 bits per heavy atom. The summed E-state index contributed by atoms with van der Waals surface area (Å²) in [6.45, 7) is 12.0. The lowest BCUT2D eigenvalue weighted by atomic mass is 9.93. The van der Waals surface area contributed by atoms with Gasteiger partial charge in [0.2, 0.25) is 0 Å². The molecule has 0 amide bonds. The molecule has 0 unspecified atom stereocenters. The molecule has 2 rings (SSSR count). The van der Waals surface area contributed by atoms with Crippen LogP contribution in [0, 0.1) is 27.7 Å². The van der Waals surface area contributed by atoms with Gasteiger partial charge in [0, 0.05) is 0 Å². The highest BCUT2D eigenvalue weighted by Crippen LogP contribution is 2.25. The van der Waals surface area contributed by atoms with Gasteiger partial charge in [0.15, 0.2) is 0 Å². The van der Waals surface area contributed by atoms with Crippen LogP contribution in [0.2, 0.25) is 0 Å². The summed E-state index contributed by atoms with van der Waals surface area (Å²) in [5, 5.41) is 3.70. The smallest absolute Gasteiger partial charge is 0.0576 e. The fraction of sp³-hybridized carbons (Fsp3) is 0.400. The van der Waals surface area contributed by atoms with E-state index in [-0.39, 0.29) is 6.04 Å². The van der Waals surface area contributed by atoms with E-state index < -0.39 is 0 Å². The summed E-state index contributed by atoms with van der Waals surface area (Å²) < 4.78 is 0. The van der Waals surface area contributed by atoms with Crippen LogP contribution < -0.4 is 5.32 Å². The second kappa shape index (κ2) is 6.91. The predicted molar refractivity (Wildman–Crippen MR) is 92.0 cm³/mol. The second-order valence-electron chi connectivity index (χ2n) is 6.07. The normalized spacial score (nSPS) is 11.1. The van der Waals surface area contributed by atoms with Crippen molar-refractivity contribution in [3.8, 4) is 0 Å². The molecule has 0 spiro atoms. The maximum absolute atomic E-state index is 3.70. The minimum atomic E-state index is 0.281. The first-order valence-electron chi connectivity index (χ1n) is 7.90. The van der Waals surface area contributed by atoms with Gasteiger partial charge in [-0.05, 0) is 74.0 Å². The summed E-state index contributed by atoms with van der Waals surface area (Å²) in [7, 11) is 0. The van der Waals surface area contributed by atoms with Gasteiger partial charge in [0.05, 0.1) is 6.04 Å². The maximum Gasteiger partial charge on any atom is 0.0576 e. The van der Waals surface area contributed by atoms with Crippen LogP contribution in [0.4, 0.5) is 0 Å². The van der Waals surface area contributed by atoms with Crippen LogP contribution in [0.5, 0.6) is 0 Å². The molecule has 1 heteroatoms. The van der Waals surface area contributed by atoms with Gasteiger partial charge in [0.1, 0.15) is 0 Å². The molecule has 0 aromatic heterocycles. The zero-order valence-electron chi connectivity index (χ0n) is 14.0. The van der Waals surface area contributed by atoms with E-state index in [1.807, 2.05) is 0 Å². The van der Waals surface area contributed by atoms with Gasteiger partial charge < -0.3 is 5.32 Å². The SMILES string of the molecule is CCCNC(c1ccc(C)c(C)c1)c1ccc(C)c(C)c1. The quantitative estimate of drug-likeness (QED) is 0.812. The summed E-state index contributed by atoms with van der Waals surface area (Å²) in [5.41, 5.74) is 8.14. The van der Waals surface area contributed by atoms with E-state index in [1.54, 1.807) is 0 Å². The molecule has 0 fully saturated rings. The number of hydrogen-bond acceptors (Lipinski definition) is 1. The van der Waals surface area contributed by atoms with Gasteiger partial charge in [0.25, 0.3) is 0 Å². The molecule has 0 aliphatic rings. The van der Waals surface area contributed by atoms with E-state index >= 15 is 0 Å². The molecule has 1 nitrogen and oxygen atoms in total. The molecular formula is C20H27N. The molecule has 0 atom stereocenters. The summed E-state index contributed by atoms with van der Waals surface area (Å²) in [4.78, 5) is 0. The average molecular weight is 281 g/mol. The van der Waals surface area contributed by atoms with Crippen molar-refractivity contribution in [2.45, 2.75) is 47.1 Å². The van der Waals surface area contributed by atoms with Gasteiger partial charge in [-0.15, -0.1) is 0 Å². The number of rotatable bonds is 5. The van der Waals surface area contributed by atoms with E-state index in [1.165, 1.54) is 33.4 Å². The van der Waals surface area contributed by atoms with Crippen LogP contribution in [-0.2, 0) is 0 Å². The maximum atomic E-state index is 3.70. The van der Waals surface area contributed by atoms with Crippen molar-refractivity contribution in [3.05, 3.63) is 69.8 Å². The van der Waals surface area contributed by atoms with Crippen molar-refractivity contribution < 1.29 is 0 Å². The standard InChI is InChI=1S/C20H27N/c1-6-11-21-20(18-9-7-14(2)16(4)12-18)19-10-8-15(3)17(5)13-19/h7-10,12-13,20-21H,6,11H2,1-5H3. The lowest BCUT2D eigenvalue weighted by Gasteiger charge is -2.21. The molecule has 0 aliphatic carbocycles. The summed E-state index contributed by atoms with van der Waals surface area (Å²) in [5.74, 6) is 0. The zero-order valence-corrected chi connectivity index (χ0v) is 14.0. The van der Waals surface area contributed by atoms with Crippen LogP contribution >= 0.6 is 0 Å². The van der Waals surface area contributed by atoms with Crippen molar-refractivity contribution in [1.82, 2.24) is 5.32 Å². The van der Waals surface area contributed by atoms with Crippen molar-refractivity contribution >= 4 is 0 Å². The molecular weight excluding hydrogens is 254 g/mol. The Morgan fingerprint density at radius 2 is 1.24 bits per heavy atom. The number of benzene rings is 2. The third-order valence-electron chi connectivity index (χ3n) is 4.33. The number of hydrogen-bond donors (Lipinski definition) is 1. The van der Waals surface area contributed by atoms with Gasteiger partial charge >= 0.3 is 0 Å². The van der Waals surface area contributed by atoms with Gasteiger partial charge in [-0.3, -0.25) is 0 Å². The van der Waals surface area contributed by atoms with Crippen LogP contribution in [0.3, 0.4) is 0 Å². The summed E-state index contributed by atoms with van der Waals surface area (Å²) >= 11 is 0. The van der Waals surface area contributed by atoms with Crippen LogP contribution in [0.15, 0.2) is 36.4 Å². The molecule has 0 bridgehead atoms. The molecule has 0 heterocycles. The molecule has 2 aromatic rings. The Labute approximate surface area is 129 Å². The fourth-order valence-corrected chi connectivity index (χ4v) is 2.61. The Kier molecular flexibility index (Phi) is 5.19. The van der Waals surface area contributed by atoms with Gasteiger partial charge in [-0.2, -0.15) is 0 Å². The van der Waals surface area contributed by atoms with E-state index in [0.29, 0.717) is 0 Å². The molecule has 112 valence electrons. The largest absolute Gasteiger partial charge is 0.306 e. The average Bonchev–Trinajstić information content (AvgIpc) is 2.46. The van der Waals surface area contributed by atoms with Crippen LogP contribution in [0.1, 0.15) is 52.8 Å². The van der Waals surface area contributed by atoms with Crippen molar-refractivity contribution in [2.24, 2.45) is 0 Å². The third kappa shape index (κ3) is 3.74. The highest BCUT2D eigenvalue weighted by Gasteiger charge is 2.14. The fourth-order valence-electron chi connectivity index (χ4n) is 2.61. The topological polar surface area (TPSA) is 12.0 Å². The van der Waals surface area contributed by atoms with E-state index in [2.05, 4.69) is 76.3 Å². The van der Waals surface area contributed by atoms with Crippen LogP contribution in [0.25, 0.3) is 0 Å². The van der Waals surface area contributed by atoms with Crippen LogP contribution in [-0.4, -0.2) is 6.54 Å². The molecule has 2 aromatic carbocycles.